The summed E-state index contributed by atoms with van der Waals surface area (Å²) < 4.78 is 11.8. The summed E-state index contributed by atoms with van der Waals surface area (Å²) in [5.41, 5.74) is 2.35. The number of benzene rings is 1. The average Bonchev–Trinajstić information content (AvgIpc) is 3.65. The Bertz CT molecular complexity index is 1360. The van der Waals surface area contributed by atoms with Gasteiger partial charge < -0.3 is 19.1 Å². The van der Waals surface area contributed by atoms with E-state index in [9.17, 15) is 14.4 Å². The monoisotopic (exact) mass is 491 g/mol. The highest BCUT2D eigenvalue weighted by molar-refractivity contribution is 5.98. The first-order chi connectivity index (χ1) is 17.4. The van der Waals surface area contributed by atoms with Crippen LogP contribution in [-0.2, 0) is 29.7 Å². The molecule has 1 aliphatic heterocycles. The third-order valence-electron chi connectivity index (χ3n) is 7.28. The first kappa shape index (κ1) is 23.8. The van der Waals surface area contributed by atoms with Crippen LogP contribution in [0.15, 0.2) is 45.8 Å². The Kier molecular flexibility index (Phi) is 6.11. The highest BCUT2D eigenvalue weighted by Crippen LogP contribution is 2.49. The molecule has 5 rings (SSSR count). The van der Waals surface area contributed by atoms with E-state index in [-0.39, 0.29) is 29.7 Å². The van der Waals surface area contributed by atoms with Crippen molar-refractivity contribution in [1.82, 2.24) is 24.7 Å². The van der Waals surface area contributed by atoms with Crippen molar-refractivity contribution >= 4 is 11.8 Å². The van der Waals surface area contributed by atoms with Crippen molar-refractivity contribution in [1.29, 1.82) is 0 Å². The zero-order chi connectivity index (χ0) is 25.4. The maximum Gasteiger partial charge on any atom is 0.259 e. The van der Waals surface area contributed by atoms with Gasteiger partial charge in [-0.2, -0.15) is 0 Å². The van der Waals surface area contributed by atoms with Crippen LogP contribution in [0.4, 0.5) is 0 Å². The Morgan fingerprint density at radius 3 is 2.53 bits per heavy atom. The molecule has 1 aliphatic carbocycles. The van der Waals surface area contributed by atoms with Gasteiger partial charge in [0, 0.05) is 44.9 Å². The van der Waals surface area contributed by atoms with Gasteiger partial charge in [0.25, 0.3) is 11.5 Å². The van der Waals surface area contributed by atoms with Crippen LogP contribution in [0.5, 0.6) is 5.75 Å². The van der Waals surface area contributed by atoms with Crippen LogP contribution in [0.25, 0.3) is 0 Å². The van der Waals surface area contributed by atoms with Gasteiger partial charge in [-0.05, 0) is 25.3 Å². The van der Waals surface area contributed by atoms with E-state index in [1.807, 2.05) is 35.2 Å². The molecule has 2 aliphatic rings. The van der Waals surface area contributed by atoms with Crippen molar-refractivity contribution in [2.75, 3.05) is 27.2 Å². The Labute approximate surface area is 208 Å². The average molecular weight is 492 g/mol. The van der Waals surface area contributed by atoms with Gasteiger partial charge in [0.2, 0.25) is 5.91 Å². The lowest BCUT2D eigenvalue weighted by atomic mass is 9.94. The maximum atomic E-state index is 13.6. The van der Waals surface area contributed by atoms with Crippen molar-refractivity contribution in [3.8, 4) is 5.75 Å². The van der Waals surface area contributed by atoms with Crippen molar-refractivity contribution in [3.63, 3.8) is 0 Å². The molecule has 3 heterocycles. The first-order valence-electron chi connectivity index (χ1n) is 12.0. The molecule has 10 nitrogen and oxygen atoms in total. The molecule has 1 saturated carbocycles. The number of amides is 2. The number of aromatic nitrogens is 3. The molecule has 0 N–H and O–H groups in total. The Hall–Kier alpha value is -3.95. The molecule has 3 aromatic rings. The van der Waals surface area contributed by atoms with Gasteiger partial charge in [-0.15, -0.1) is 0 Å². The van der Waals surface area contributed by atoms with Crippen LogP contribution in [0.3, 0.4) is 0 Å². The lowest BCUT2D eigenvalue weighted by Gasteiger charge is -2.26. The molecule has 0 saturated heterocycles. The minimum absolute atomic E-state index is 0.0838. The molecule has 1 aromatic carbocycles. The molecule has 36 heavy (non-hydrogen) atoms. The molecule has 0 atom stereocenters. The molecule has 1 fully saturated rings. The van der Waals surface area contributed by atoms with Crippen molar-refractivity contribution in [2.45, 2.75) is 44.7 Å². The van der Waals surface area contributed by atoms with E-state index in [1.165, 1.54) is 18.1 Å². The standard InChI is InChI=1S/C26H29N5O5/c1-17-19(28-36-27-17)16-29(2)24(33)23-20-9-12-30(13-14-31(20)22(32)15-21(23)35-3)25(34)26(10-11-26)18-7-5-4-6-8-18/h4-8,15H,9-14,16H2,1-3H3. The molecular formula is C26H29N5O5. The van der Waals surface area contributed by atoms with Crippen molar-refractivity contribution in [3.05, 3.63) is 75.0 Å². The second-order valence-electron chi connectivity index (χ2n) is 9.47. The van der Waals surface area contributed by atoms with E-state index in [0.717, 1.165) is 18.4 Å². The van der Waals surface area contributed by atoms with Gasteiger partial charge in [0.1, 0.15) is 22.7 Å². The van der Waals surface area contributed by atoms with E-state index in [1.54, 1.807) is 18.5 Å². The number of methoxy groups -OCH3 is 1. The minimum atomic E-state index is -0.483. The number of fused-ring (bicyclic) bond motifs is 1. The van der Waals surface area contributed by atoms with Gasteiger partial charge in [-0.1, -0.05) is 40.6 Å². The molecule has 2 amide bonds. The van der Waals surface area contributed by atoms with Crippen molar-refractivity contribution in [2.24, 2.45) is 0 Å². The van der Waals surface area contributed by atoms with Gasteiger partial charge in [0.15, 0.2) is 0 Å². The highest BCUT2D eigenvalue weighted by Gasteiger charge is 2.53. The molecule has 0 spiro atoms. The van der Waals surface area contributed by atoms with Gasteiger partial charge in [0.05, 0.1) is 19.1 Å². The SMILES string of the molecule is COc1cc(=O)n2c(c1C(=O)N(C)Cc1nonc1C)CCN(C(=O)C1(c3ccccc3)CC1)CC2. The van der Waals surface area contributed by atoms with Crippen LogP contribution < -0.4 is 10.3 Å². The fraction of sp³-hybridized carbons (Fsp3) is 0.423. The zero-order valence-corrected chi connectivity index (χ0v) is 20.7. The van der Waals surface area contributed by atoms with Crippen LogP contribution in [-0.4, -0.2) is 63.7 Å². The van der Waals surface area contributed by atoms with Gasteiger partial charge >= 0.3 is 0 Å². The molecule has 10 heteroatoms. The summed E-state index contributed by atoms with van der Waals surface area (Å²) in [6.45, 7) is 3.08. The van der Waals surface area contributed by atoms with Crippen LogP contribution in [0.1, 0.15) is 45.8 Å². The van der Waals surface area contributed by atoms with E-state index in [4.69, 9.17) is 9.37 Å². The number of carbonyl (C=O) groups excluding carboxylic acids is 2. The normalized spacial score (nSPS) is 16.1. The highest BCUT2D eigenvalue weighted by atomic mass is 16.6. The van der Waals surface area contributed by atoms with E-state index in [2.05, 4.69) is 10.3 Å². The van der Waals surface area contributed by atoms with Crippen LogP contribution >= 0.6 is 0 Å². The molecule has 0 radical (unpaired) electrons. The molecule has 2 aromatic heterocycles. The summed E-state index contributed by atoms with van der Waals surface area (Å²) in [5.74, 6) is 0.00192. The number of pyridine rings is 1. The molecule has 0 unspecified atom stereocenters. The topological polar surface area (TPSA) is 111 Å². The minimum Gasteiger partial charge on any atom is -0.496 e. The Morgan fingerprint density at radius 2 is 1.89 bits per heavy atom. The lowest BCUT2D eigenvalue weighted by molar-refractivity contribution is -0.134. The van der Waals surface area contributed by atoms with E-state index < -0.39 is 5.41 Å². The summed E-state index contributed by atoms with van der Waals surface area (Å²) in [5, 5.41) is 7.63. The second-order valence-corrected chi connectivity index (χ2v) is 9.47. The maximum absolute atomic E-state index is 13.6. The van der Waals surface area contributed by atoms with Gasteiger partial charge in [-0.25, -0.2) is 4.63 Å². The number of hydrogen-bond donors (Lipinski definition) is 0. The predicted molar refractivity (Wildman–Crippen MR) is 130 cm³/mol. The fourth-order valence-corrected chi connectivity index (χ4v) is 5.03. The summed E-state index contributed by atoms with van der Waals surface area (Å²) in [6, 6.07) is 11.2. The van der Waals surface area contributed by atoms with Crippen LogP contribution in [0, 0.1) is 6.92 Å². The predicted octanol–water partition coefficient (Wildman–Crippen LogP) is 1.94. The number of rotatable bonds is 6. The smallest absolute Gasteiger partial charge is 0.259 e. The van der Waals surface area contributed by atoms with Gasteiger partial charge in [-0.3, -0.25) is 14.4 Å². The quantitative estimate of drug-likeness (QED) is 0.518. The third kappa shape index (κ3) is 4.06. The zero-order valence-electron chi connectivity index (χ0n) is 20.7. The Morgan fingerprint density at radius 1 is 1.14 bits per heavy atom. The summed E-state index contributed by atoms with van der Waals surface area (Å²) in [7, 11) is 3.10. The van der Waals surface area contributed by atoms with Crippen molar-refractivity contribution < 1.29 is 19.0 Å². The number of nitrogens with zero attached hydrogens (tertiary/aromatic N) is 5. The molecular weight excluding hydrogens is 462 g/mol. The Balaban J connectivity index is 1.43. The van der Waals surface area contributed by atoms with Crippen LogP contribution in [0.2, 0.25) is 0 Å². The van der Waals surface area contributed by atoms with E-state index >= 15 is 0 Å². The fourth-order valence-electron chi connectivity index (χ4n) is 5.03. The number of hydrogen-bond acceptors (Lipinski definition) is 7. The number of ether oxygens (including phenoxy) is 1. The second kappa shape index (κ2) is 9.25. The number of carbonyl (C=O) groups is 2. The lowest BCUT2D eigenvalue weighted by Crippen LogP contribution is -2.41. The molecule has 188 valence electrons. The summed E-state index contributed by atoms with van der Waals surface area (Å²) >= 11 is 0. The summed E-state index contributed by atoms with van der Waals surface area (Å²) in [4.78, 5) is 43.6. The van der Waals surface area contributed by atoms with E-state index in [0.29, 0.717) is 48.7 Å². The third-order valence-corrected chi connectivity index (χ3v) is 7.28. The molecule has 0 bridgehead atoms. The largest absolute Gasteiger partial charge is 0.496 e. The first-order valence-corrected chi connectivity index (χ1v) is 12.0. The summed E-state index contributed by atoms with van der Waals surface area (Å²) in [6.07, 6.45) is 2.00. The number of aryl methyl sites for hydroxylation is 1.